The summed E-state index contributed by atoms with van der Waals surface area (Å²) in [6.07, 6.45) is 3.32. The Bertz CT molecular complexity index is 742. The molecule has 0 bridgehead atoms. The average Bonchev–Trinajstić information content (AvgIpc) is 3.31. The third-order valence-corrected chi connectivity index (χ3v) is 7.89. The highest BCUT2D eigenvalue weighted by molar-refractivity contribution is 5.68. The van der Waals surface area contributed by atoms with Gasteiger partial charge in [-0.2, -0.15) is 5.48 Å². The van der Waals surface area contributed by atoms with Crippen molar-refractivity contribution in [2.45, 2.75) is 68.7 Å². The minimum Gasteiger partial charge on any atom is -0.446 e. The first-order chi connectivity index (χ1) is 15.9. The van der Waals surface area contributed by atoms with Gasteiger partial charge in [-0.3, -0.25) is 20.5 Å². The molecule has 5 unspecified atom stereocenters. The first-order valence-electron chi connectivity index (χ1n) is 12.3. The maximum atomic E-state index is 14.7. The summed E-state index contributed by atoms with van der Waals surface area (Å²) in [6, 6.07) is 0.895. The average molecular weight is 473 g/mol. The highest BCUT2D eigenvalue weighted by Crippen LogP contribution is 2.38. The Morgan fingerprint density at radius 1 is 1.06 bits per heavy atom. The van der Waals surface area contributed by atoms with Crippen LogP contribution < -0.4 is 16.2 Å². The molecule has 6 fully saturated rings. The predicted octanol–water partition coefficient (Wildman–Crippen LogP) is 0.276. The molecule has 0 aromatic rings. The van der Waals surface area contributed by atoms with E-state index in [1.807, 2.05) is 0 Å². The molecular formula is C21H34F2N6O4. The number of halogens is 2. The topological polar surface area (TPSA) is 90.6 Å². The molecule has 4 saturated heterocycles. The van der Waals surface area contributed by atoms with Crippen LogP contribution in [0.5, 0.6) is 0 Å². The summed E-state index contributed by atoms with van der Waals surface area (Å²) in [5, 5.41) is 5.77. The van der Waals surface area contributed by atoms with Crippen LogP contribution in [0.2, 0.25) is 0 Å². The summed E-state index contributed by atoms with van der Waals surface area (Å²) in [5.41, 5.74) is 6.50. The molecule has 0 radical (unpaired) electrons. The van der Waals surface area contributed by atoms with Crippen LogP contribution in [0.25, 0.3) is 0 Å². The maximum Gasteiger partial charge on any atom is 0.410 e. The SMILES string of the molecule is O=C(OC1CC1)N1CCN(C2NOC(C3CCC4CNN(C5COC5)C4C3)N2)CC(F)(F)C1. The molecule has 1 amide bonds. The normalized spacial score (nSPS) is 40.3. The Hall–Kier alpha value is -1.15. The second-order valence-corrected chi connectivity index (χ2v) is 10.4. The second kappa shape index (κ2) is 8.81. The number of fused-ring (bicyclic) bond motifs is 1. The number of ether oxygens (including phenoxy) is 2. The number of hydrogen-bond acceptors (Lipinski definition) is 9. The molecule has 10 nitrogen and oxygen atoms in total. The molecule has 6 rings (SSSR count). The molecule has 2 aliphatic carbocycles. The van der Waals surface area contributed by atoms with E-state index in [1.165, 1.54) is 0 Å². The van der Waals surface area contributed by atoms with Crippen LogP contribution in [-0.2, 0) is 14.3 Å². The lowest BCUT2D eigenvalue weighted by atomic mass is 9.78. The largest absolute Gasteiger partial charge is 0.446 e. The fourth-order valence-electron chi connectivity index (χ4n) is 5.80. The van der Waals surface area contributed by atoms with Gasteiger partial charge in [0.25, 0.3) is 5.92 Å². The second-order valence-electron chi connectivity index (χ2n) is 10.4. The Kier molecular flexibility index (Phi) is 5.96. The first kappa shape index (κ1) is 22.3. The van der Waals surface area contributed by atoms with Gasteiger partial charge in [0.05, 0.1) is 32.3 Å². The molecule has 4 heterocycles. The predicted molar refractivity (Wildman–Crippen MR) is 112 cm³/mol. The van der Waals surface area contributed by atoms with Crippen LogP contribution in [-0.4, -0.2) is 103 Å². The number of carbonyl (C=O) groups excluding carboxylic acids is 1. The zero-order chi connectivity index (χ0) is 22.6. The lowest BCUT2D eigenvalue weighted by Gasteiger charge is -2.42. The minimum absolute atomic E-state index is 0.101. The molecule has 186 valence electrons. The van der Waals surface area contributed by atoms with Crippen molar-refractivity contribution in [1.29, 1.82) is 0 Å². The summed E-state index contributed by atoms with van der Waals surface area (Å²) in [6.45, 7) is 2.00. The third-order valence-electron chi connectivity index (χ3n) is 7.89. The van der Waals surface area contributed by atoms with E-state index in [9.17, 15) is 13.6 Å². The van der Waals surface area contributed by atoms with Crippen molar-refractivity contribution in [3.63, 3.8) is 0 Å². The number of nitrogens with one attached hydrogen (secondary N) is 3. The molecule has 0 aromatic carbocycles. The zero-order valence-electron chi connectivity index (χ0n) is 18.8. The van der Waals surface area contributed by atoms with Crippen LogP contribution in [0.1, 0.15) is 32.1 Å². The summed E-state index contributed by atoms with van der Waals surface area (Å²) < 4.78 is 40.0. The van der Waals surface area contributed by atoms with Crippen molar-refractivity contribution in [2.75, 3.05) is 45.9 Å². The number of alkyl halides is 2. The van der Waals surface area contributed by atoms with Crippen LogP contribution in [0.15, 0.2) is 0 Å². The van der Waals surface area contributed by atoms with E-state index in [-0.39, 0.29) is 18.9 Å². The lowest BCUT2D eigenvalue weighted by molar-refractivity contribution is -0.101. The molecule has 12 heteroatoms. The van der Waals surface area contributed by atoms with E-state index in [4.69, 9.17) is 14.3 Å². The van der Waals surface area contributed by atoms with Crippen LogP contribution in [0, 0.1) is 11.8 Å². The van der Waals surface area contributed by atoms with Crippen LogP contribution in [0.4, 0.5) is 13.6 Å². The van der Waals surface area contributed by atoms with Gasteiger partial charge in [-0.15, -0.1) is 0 Å². The first-order valence-corrected chi connectivity index (χ1v) is 12.3. The van der Waals surface area contributed by atoms with Gasteiger partial charge in [-0.05, 0) is 38.0 Å². The standard InChI is InChI=1S/C21H34F2N6O4/c22-21(23)11-27(5-6-28(12-21)20(30)32-16-3-4-16)19-25-18(33-26-19)13-1-2-14-8-24-29(17(14)7-13)15-9-31-10-15/h13-19,24-26H,1-12H2. The van der Waals surface area contributed by atoms with Gasteiger partial charge in [0.1, 0.15) is 18.6 Å². The van der Waals surface area contributed by atoms with Crippen molar-refractivity contribution >= 4 is 6.09 Å². The van der Waals surface area contributed by atoms with Gasteiger partial charge >= 0.3 is 6.09 Å². The Morgan fingerprint density at radius 2 is 1.88 bits per heavy atom. The fraction of sp³-hybridized carbons (Fsp3) is 0.952. The van der Waals surface area contributed by atoms with Gasteiger partial charge in [-0.25, -0.2) is 18.6 Å². The molecule has 33 heavy (non-hydrogen) atoms. The number of hydroxylamine groups is 1. The van der Waals surface area contributed by atoms with Crippen molar-refractivity contribution in [3.05, 3.63) is 0 Å². The van der Waals surface area contributed by atoms with Crippen LogP contribution in [0.3, 0.4) is 0 Å². The Morgan fingerprint density at radius 3 is 2.64 bits per heavy atom. The van der Waals surface area contributed by atoms with Crippen molar-refractivity contribution in [2.24, 2.45) is 11.8 Å². The number of carbonyl (C=O) groups is 1. The number of rotatable bonds is 4. The molecule has 0 aromatic heterocycles. The van der Waals surface area contributed by atoms with Crippen molar-refractivity contribution in [3.8, 4) is 0 Å². The maximum absolute atomic E-state index is 14.7. The highest BCUT2D eigenvalue weighted by Gasteiger charge is 2.48. The van der Waals surface area contributed by atoms with E-state index < -0.39 is 31.4 Å². The molecule has 4 aliphatic heterocycles. The lowest BCUT2D eigenvalue weighted by Crippen LogP contribution is -2.57. The van der Waals surface area contributed by atoms with E-state index in [1.54, 1.807) is 4.90 Å². The monoisotopic (exact) mass is 472 g/mol. The summed E-state index contributed by atoms with van der Waals surface area (Å²) in [7, 11) is 0. The Balaban J connectivity index is 1.05. The number of nitrogens with zero attached hydrogens (tertiary/aromatic N) is 3. The summed E-state index contributed by atoms with van der Waals surface area (Å²) >= 11 is 0. The Labute approximate surface area is 192 Å². The summed E-state index contributed by atoms with van der Waals surface area (Å²) in [5.74, 6) is -2.10. The molecule has 6 aliphatic rings. The third kappa shape index (κ3) is 4.71. The van der Waals surface area contributed by atoms with Crippen molar-refractivity contribution in [1.82, 2.24) is 31.0 Å². The van der Waals surface area contributed by atoms with Crippen molar-refractivity contribution < 1.29 is 27.9 Å². The van der Waals surface area contributed by atoms with Gasteiger partial charge in [0, 0.05) is 31.6 Å². The molecule has 2 saturated carbocycles. The summed E-state index contributed by atoms with van der Waals surface area (Å²) in [4.78, 5) is 20.9. The molecule has 3 N–H and O–H groups in total. The minimum atomic E-state index is -3.03. The van der Waals surface area contributed by atoms with E-state index in [2.05, 4.69) is 21.2 Å². The molecule has 5 atom stereocenters. The van der Waals surface area contributed by atoms with E-state index in [0.717, 1.165) is 56.8 Å². The van der Waals surface area contributed by atoms with Gasteiger partial charge in [-0.1, -0.05) is 0 Å². The number of amides is 1. The quantitative estimate of drug-likeness (QED) is 0.534. The van der Waals surface area contributed by atoms with Crippen LogP contribution >= 0.6 is 0 Å². The van der Waals surface area contributed by atoms with E-state index >= 15 is 0 Å². The van der Waals surface area contributed by atoms with Gasteiger partial charge in [0.15, 0.2) is 0 Å². The number of hydrogen-bond donors (Lipinski definition) is 3. The van der Waals surface area contributed by atoms with Gasteiger partial charge < -0.3 is 14.4 Å². The van der Waals surface area contributed by atoms with E-state index in [0.29, 0.717) is 30.5 Å². The zero-order valence-corrected chi connectivity index (χ0v) is 18.8. The molecule has 0 spiro atoms. The fourth-order valence-corrected chi connectivity index (χ4v) is 5.80. The smallest absolute Gasteiger partial charge is 0.410 e. The molecular weight excluding hydrogens is 438 g/mol. The highest BCUT2D eigenvalue weighted by atomic mass is 19.3. The van der Waals surface area contributed by atoms with Gasteiger partial charge in [0.2, 0.25) is 0 Å². The number of hydrazine groups is 1.